The Labute approximate surface area is 98.6 Å². The lowest BCUT2D eigenvalue weighted by Crippen LogP contribution is -2.13. The van der Waals surface area contributed by atoms with Crippen molar-refractivity contribution in [3.8, 4) is 0 Å². The van der Waals surface area contributed by atoms with Gasteiger partial charge < -0.3 is 10.5 Å². The van der Waals surface area contributed by atoms with Crippen LogP contribution in [0.4, 0.5) is 0 Å². The number of methoxy groups -OCH3 is 1. The average molecular weight is 235 g/mol. The number of carbonyl (C=O) groups is 3. The van der Waals surface area contributed by atoms with Gasteiger partial charge in [0, 0.05) is 18.4 Å². The lowest BCUT2D eigenvalue weighted by atomic mass is 10.0. The minimum absolute atomic E-state index is 0.00127. The summed E-state index contributed by atoms with van der Waals surface area (Å²) in [6.45, 7) is 0. The highest BCUT2D eigenvalue weighted by atomic mass is 16.5. The van der Waals surface area contributed by atoms with Crippen LogP contribution in [0.3, 0.4) is 0 Å². The van der Waals surface area contributed by atoms with Gasteiger partial charge in [0.05, 0.1) is 12.7 Å². The van der Waals surface area contributed by atoms with Gasteiger partial charge in [-0.3, -0.25) is 9.59 Å². The SMILES string of the molecule is COC(=O)c1cccc(C(=O)CCC(N)=O)c1. The van der Waals surface area contributed by atoms with E-state index < -0.39 is 11.9 Å². The van der Waals surface area contributed by atoms with Gasteiger partial charge in [0.25, 0.3) is 0 Å². The van der Waals surface area contributed by atoms with Crippen LogP contribution in [0.25, 0.3) is 0 Å². The Morgan fingerprint density at radius 1 is 1.18 bits per heavy atom. The van der Waals surface area contributed by atoms with Crippen molar-refractivity contribution in [3.63, 3.8) is 0 Å². The summed E-state index contributed by atoms with van der Waals surface area (Å²) >= 11 is 0. The molecule has 0 bridgehead atoms. The zero-order valence-electron chi connectivity index (χ0n) is 9.43. The Hall–Kier alpha value is -2.17. The Balaban J connectivity index is 2.80. The fraction of sp³-hybridized carbons (Fsp3) is 0.250. The second kappa shape index (κ2) is 5.79. The first-order valence-corrected chi connectivity index (χ1v) is 5.04. The number of hydrogen-bond donors (Lipinski definition) is 1. The maximum atomic E-state index is 11.7. The summed E-state index contributed by atoms with van der Waals surface area (Å²) in [6, 6.07) is 6.16. The quantitative estimate of drug-likeness (QED) is 0.607. The van der Waals surface area contributed by atoms with Crippen molar-refractivity contribution in [2.75, 3.05) is 7.11 Å². The minimum atomic E-state index is -0.525. The maximum absolute atomic E-state index is 11.7. The number of Topliss-reactive ketones (excluding diaryl/α,β-unsaturated/α-hetero) is 1. The van der Waals surface area contributed by atoms with E-state index in [-0.39, 0.29) is 18.6 Å². The predicted octanol–water partition coefficient (Wildman–Crippen LogP) is 0.921. The molecule has 0 aliphatic heterocycles. The highest BCUT2D eigenvalue weighted by Crippen LogP contribution is 2.10. The van der Waals surface area contributed by atoms with Crippen molar-refractivity contribution in [1.82, 2.24) is 0 Å². The third-order valence-electron chi connectivity index (χ3n) is 2.20. The molecule has 1 rings (SSSR count). The smallest absolute Gasteiger partial charge is 0.337 e. The monoisotopic (exact) mass is 235 g/mol. The molecule has 1 amide bonds. The summed E-state index contributed by atoms with van der Waals surface area (Å²) in [5.74, 6) is -1.26. The molecule has 0 saturated carbocycles. The van der Waals surface area contributed by atoms with Gasteiger partial charge in [-0.1, -0.05) is 12.1 Å². The largest absolute Gasteiger partial charge is 0.465 e. The number of benzene rings is 1. The fourth-order valence-electron chi connectivity index (χ4n) is 1.32. The predicted molar refractivity (Wildman–Crippen MR) is 60.5 cm³/mol. The van der Waals surface area contributed by atoms with E-state index >= 15 is 0 Å². The van der Waals surface area contributed by atoms with E-state index in [9.17, 15) is 14.4 Å². The molecule has 5 heteroatoms. The number of ketones is 1. The van der Waals surface area contributed by atoms with Gasteiger partial charge in [0.15, 0.2) is 5.78 Å². The van der Waals surface area contributed by atoms with Crippen LogP contribution >= 0.6 is 0 Å². The lowest BCUT2D eigenvalue weighted by Gasteiger charge is -2.02. The molecule has 0 aliphatic carbocycles. The molecule has 0 aliphatic rings. The summed E-state index contributed by atoms with van der Waals surface area (Å²) in [4.78, 5) is 33.5. The van der Waals surface area contributed by atoms with Crippen LogP contribution in [-0.2, 0) is 9.53 Å². The van der Waals surface area contributed by atoms with E-state index in [0.29, 0.717) is 11.1 Å². The second-order valence-corrected chi connectivity index (χ2v) is 3.46. The van der Waals surface area contributed by atoms with E-state index in [1.165, 1.54) is 13.2 Å². The Kier molecular flexibility index (Phi) is 4.39. The molecule has 1 aromatic rings. The third kappa shape index (κ3) is 3.71. The number of nitrogens with two attached hydrogens (primary N) is 1. The highest BCUT2D eigenvalue weighted by molar-refractivity contribution is 6.00. The number of amides is 1. The van der Waals surface area contributed by atoms with Crippen LogP contribution in [0.2, 0.25) is 0 Å². The fourth-order valence-corrected chi connectivity index (χ4v) is 1.32. The van der Waals surface area contributed by atoms with Gasteiger partial charge in [0.1, 0.15) is 0 Å². The summed E-state index contributed by atoms with van der Waals surface area (Å²) in [5.41, 5.74) is 5.63. The standard InChI is InChI=1S/C12H13NO4/c1-17-12(16)9-4-2-3-8(7-9)10(14)5-6-11(13)15/h2-4,7H,5-6H2,1H3,(H2,13,15). The minimum Gasteiger partial charge on any atom is -0.465 e. The molecule has 90 valence electrons. The van der Waals surface area contributed by atoms with Crippen molar-refractivity contribution in [3.05, 3.63) is 35.4 Å². The molecule has 0 aromatic heterocycles. The van der Waals surface area contributed by atoms with Gasteiger partial charge >= 0.3 is 5.97 Å². The highest BCUT2D eigenvalue weighted by Gasteiger charge is 2.11. The van der Waals surface area contributed by atoms with Crippen LogP contribution < -0.4 is 5.73 Å². The molecule has 1 aromatic carbocycles. The Morgan fingerprint density at radius 3 is 2.41 bits per heavy atom. The van der Waals surface area contributed by atoms with E-state index in [2.05, 4.69) is 4.74 Å². The number of hydrogen-bond acceptors (Lipinski definition) is 4. The van der Waals surface area contributed by atoms with E-state index in [1.54, 1.807) is 18.2 Å². The van der Waals surface area contributed by atoms with Gasteiger partial charge in [-0.05, 0) is 12.1 Å². The molecule has 0 heterocycles. The topological polar surface area (TPSA) is 86.5 Å². The molecule has 0 unspecified atom stereocenters. The number of carbonyl (C=O) groups excluding carboxylic acids is 3. The number of ether oxygens (including phenoxy) is 1. The molecule has 5 nitrogen and oxygen atoms in total. The molecule has 0 radical (unpaired) electrons. The first kappa shape index (κ1) is 12.9. The summed E-state index contributed by atoms with van der Waals surface area (Å²) < 4.78 is 4.54. The molecular weight excluding hydrogens is 222 g/mol. The number of rotatable bonds is 5. The third-order valence-corrected chi connectivity index (χ3v) is 2.20. The summed E-state index contributed by atoms with van der Waals surface area (Å²) in [6.07, 6.45) is 0.0429. The van der Waals surface area contributed by atoms with Crippen molar-refractivity contribution < 1.29 is 19.1 Å². The molecule has 0 atom stereocenters. The maximum Gasteiger partial charge on any atom is 0.337 e. The van der Waals surface area contributed by atoms with Crippen LogP contribution in [0.15, 0.2) is 24.3 Å². The number of esters is 1. The van der Waals surface area contributed by atoms with Crippen molar-refractivity contribution in [2.24, 2.45) is 5.73 Å². The van der Waals surface area contributed by atoms with Crippen LogP contribution in [0, 0.1) is 0 Å². The summed E-state index contributed by atoms with van der Waals surface area (Å²) in [7, 11) is 1.27. The second-order valence-electron chi connectivity index (χ2n) is 3.46. The van der Waals surface area contributed by atoms with Gasteiger partial charge in [0.2, 0.25) is 5.91 Å². The van der Waals surface area contributed by atoms with Crippen molar-refractivity contribution >= 4 is 17.7 Å². The lowest BCUT2D eigenvalue weighted by molar-refractivity contribution is -0.118. The van der Waals surface area contributed by atoms with Gasteiger partial charge in [-0.25, -0.2) is 4.79 Å². The van der Waals surface area contributed by atoms with Crippen molar-refractivity contribution in [1.29, 1.82) is 0 Å². The zero-order valence-corrected chi connectivity index (χ0v) is 9.43. The normalized spacial score (nSPS) is 9.71. The molecule has 2 N–H and O–H groups in total. The zero-order chi connectivity index (χ0) is 12.8. The van der Waals surface area contributed by atoms with E-state index in [0.717, 1.165) is 0 Å². The van der Waals surface area contributed by atoms with E-state index in [1.807, 2.05) is 0 Å². The molecule has 17 heavy (non-hydrogen) atoms. The first-order valence-electron chi connectivity index (χ1n) is 5.04. The first-order chi connectivity index (χ1) is 8.04. The van der Waals surface area contributed by atoms with Crippen molar-refractivity contribution in [2.45, 2.75) is 12.8 Å². The van der Waals surface area contributed by atoms with Gasteiger partial charge in [-0.2, -0.15) is 0 Å². The Morgan fingerprint density at radius 2 is 1.82 bits per heavy atom. The van der Waals surface area contributed by atoms with Gasteiger partial charge in [-0.15, -0.1) is 0 Å². The molecule has 0 saturated heterocycles. The molecule has 0 spiro atoms. The Bertz CT molecular complexity index is 454. The van der Waals surface area contributed by atoms with Crippen LogP contribution in [0.1, 0.15) is 33.6 Å². The summed E-state index contributed by atoms with van der Waals surface area (Å²) in [5, 5.41) is 0. The molecular formula is C12H13NO4. The van der Waals surface area contributed by atoms with Crippen LogP contribution in [0.5, 0.6) is 0 Å². The molecule has 0 fully saturated rings. The van der Waals surface area contributed by atoms with E-state index in [4.69, 9.17) is 5.73 Å². The van der Waals surface area contributed by atoms with Crippen LogP contribution in [-0.4, -0.2) is 24.8 Å². The average Bonchev–Trinajstić information content (AvgIpc) is 2.35. The number of primary amides is 1.